The summed E-state index contributed by atoms with van der Waals surface area (Å²) >= 11 is 0. The first-order chi connectivity index (χ1) is 7.85. The molecular formula is C14H24O3. The molecule has 2 aliphatic carbocycles. The Morgan fingerprint density at radius 1 is 1.06 bits per heavy atom. The lowest BCUT2D eigenvalue weighted by Crippen LogP contribution is -2.59. The van der Waals surface area contributed by atoms with Crippen molar-refractivity contribution in [2.24, 2.45) is 10.8 Å². The minimum Gasteiger partial charge on any atom is -0.469 e. The average Bonchev–Trinajstić information content (AvgIpc) is 2.21. The molecule has 1 N–H and O–H groups in total. The number of aliphatic hydroxyl groups is 1. The summed E-state index contributed by atoms with van der Waals surface area (Å²) in [6.07, 6.45) is 6.04. The van der Waals surface area contributed by atoms with Gasteiger partial charge in [-0.3, -0.25) is 4.79 Å². The van der Waals surface area contributed by atoms with Crippen molar-refractivity contribution >= 4 is 5.97 Å². The largest absolute Gasteiger partial charge is 0.469 e. The molecule has 3 nitrogen and oxygen atoms in total. The van der Waals surface area contributed by atoms with Crippen molar-refractivity contribution in [1.29, 1.82) is 0 Å². The predicted molar refractivity (Wildman–Crippen MR) is 65.5 cm³/mol. The van der Waals surface area contributed by atoms with E-state index in [1.165, 1.54) is 7.11 Å². The van der Waals surface area contributed by atoms with Crippen LogP contribution in [0.5, 0.6) is 0 Å². The van der Waals surface area contributed by atoms with Crippen molar-refractivity contribution in [2.45, 2.75) is 64.4 Å². The van der Waals surface area contributed by atoms with Crippen LogP contribution < -0.4 is 0 Å². The van der Waals surface area contributed by atoms with E-state index in [4.69, 9.17) is 4.74 Å². The highest BCUT2D eigenvalue weighted by Gasteiger charge is 2.60. The van der Waals surface area contributed by atoms with E-state index in [2.05, 4.69) is 13.8 Å². The van der Waals surface area contributed by atoms with Crippen LogP contribution in [0, 0.1) is 10.8 Å². The maximum atomic E-state index is 12.0. The van der Waals surface area contributed by atoms with Gasteiger partial charge in [0.15, 0.2) is 0 Å². The van der Waals surface area contributed by atoms with Crippen LogP contribution in [-0.4, -0.2) is 23.8 Å². The molecule has 0 radical (unpaired) electrons. The van der Waals surface area contributed by atoms with Gasteiger partial charge in [-0.15, -0.1) is 0 Å². The molecule has 2 fully saturated rings. The Morgan fingerprint density at radius 2 is 1.59 bits per heavy atom. The molecule has 2 aliphatic rings. The minimum absolute atomic E-state index is 0.203. The molecule has 0 aliphatic heterocycles. The number of hydrogen-bond donors (Lipinski definition) is 1. The molecule has 2 saturated carbocycles. The van der Waals surface area contributed by atoms with E-state index >= 15 is 0 Å². The van der Waals surface area contributed by atoms with Crippen LogP contribution in [0.15, 0.2) is 0 Å². The fraction of sp³-hybridized carbons (Fsp3) is 0.929. The van der Waals surface area contributed by atoms with Crippen molar-refractivity contribution < 1.29 is 14.6 Å². The smallest absolute Gasteiger partial charge is 0.314 e. The van der Waals surface area contributed by atoms with Crippen molar-refractivity contribution in [3.8, 4) is 0 Å². The highest BCUT2D eigenvalue weighted by Crippen LogP contribution is 2.57. The lowest BCUT2D eigenvalue weighted by molar-refractivity contribution is -0.198. The quantitative estimate of drug-likeness (QED) is 0.755. The highest BCUT2D eigenvalue weighted by molar-refractivity contribution is 5.79. The molecule has 98 valence electrons. The standard InChI is InChI=1S/C14H24O3/c1-12(2)7-9-14(16,10-8-12)13(5-4-6-13)11(15)17-3/h16H,4-10H2,1-3H3. The topological polar surface area (TPSA) is 46.5 Å². The maximum absolute atomic E-state index is 12.0. The fourth-order valence-corrected chi connectivity index (χ4v) is 3.40. The number of esters is 1. The van der Waals surface area contributed by atoms with Crippen LogP contribution in [-0.2, 0) is 9.53 Å². The first-order valence-corrected chi connectivity index (χ1v) is 6.66. The molecule has 0 heterocycles. The molecule has 2 rings (SSSR count). The van der Waals surface area contributed by atoms with Gasteiger partial charge >= 0.3 is 5.97 Å². The fourth-order valence-electron chi connectivity index (χ4n) is 3.40. The van der Waals surface area contributed by atoms with Crippen LogP contribution in [0.1, 0.15) is 58.8 Å². The number of carbonyl (C=O) groups is 1. The summed E-state index contributed by atoms with van der Waals surface area (Å²) in [4.78, 5) is 12.0. The normalized spacial score (nSPS) is 29.2. The Bertz CT molecular complexity index is 305. The third-order valence-corrected chi connectivity index (χ3v) is 5.10. The van der Waals surface area contributed by atoms with E-state index in [1.807, 2.05) is 0 Å². The molecule has 0 saturated heterocycles. The van der Waals surface area contributed by atoms with E-state index in [0.29, 0.717) is 5.41 Å². The molecule has 0 amide bonds. The van der Waals surface area contributed by atoms with E-state index in [1.54, 1.807) is 0 Å². The second kappa shape index (κ2) is 3.98. The molecule has 0 spiro atoms. The van der Waals surface area contributed by atoms with Crippen LogP contribution in [0.3, 0.4) is 0 Å². The van der Waals surface area contributed by atoms with Gasteiger partial charge in [-0.2, -0.15) is 0 Å². The highest BCUT2D eigenvalue weighted by atomic mass is 16.5. The molecule has 0 unspecified atom stereocenters. The molecule has 0 aromatic rings. The Balaban J connectivity index is 2.18. The van der Waals surface area contributed by atoms with Crippen molar-refractivity contribution in [2.75, 3.05) is 7.11 Å². The maximum Gasteiger partial charge on any atom is 0.314 e. The van der Waals surface area contributed by atoms with Crippen molar-refractivity contribution in [1.82, 2.24) is 0 Å². The van der Waals surface area contributed by atoms with Gasteiger partial charge in [-0.25, -0.2) is 0 Å². The third kappa shape index (κ3) is 1.88. The van der Waals surface area contributed by atoms with Gasteiger partial charge in [0, 0.05) is 0 Å². The summed E-state index contributed by atoms with van der Waals surface area (Å²) in [5, 5.41) is 10.9. The Kier molecular flexibility index (Phi) is 3.01. The molecule has 0 atom stereocenters. The average molecular weight is 240 g/mol. The summed E-state index contributed by atoms with van der Waals surface area (Å²) < 4.78 is 4.93. The van der Waals surface area contributed by atoms with E-state index < -0.39 is 11.0 Å². The van der Waals surface area contributed by atoms with Crippen LogP contribution in [0.2, 0.25) is 0 Å². The summed E-state index contributed by atoms with van der Waals surface area (Å²) in [7, 11) is 1.43. The molecule has 0 aromatic carbocycles. The van der Waals surface area contributed by atoms with Gasteiger partial charge in [0.2, 0.25) is 0 Å². The number of ether oxygens (including phenoxy) is 1. The second-order valence-corrected chi connectivity index (χ2v) is 6.62. The van der Waals surface area contributed by atoms with Gasteiger partial charge < -0.3 is 9.84 Å². The Morgan fingerprint density at radius 3 is 1.94 bits per heavy atom. The number of carbonyl (C=O) groups excluding carboxylic acids is 1. The molecule has 0 bridgehead atoms. The number of rotatable bonds is 2. The van der Waals surface area contributed by atoms with E-state index in [9.17, 15) is 9.90 Å². The van der Waals surface area contributed by atoms with Gasteiger partial charge in [0.25, 0.3) is 0 Å². The van der Waals surface area contributed by atoms with Crippen LogP contribution in [0.4, 0.5) is 0 Å². The van der Waals surface area contributed by atoms with Crippen molar-refractivity contribution in [3.05, 3.63) is 0 Å². The van der Waals surface area contributed by atoms with Gasteiger partial charge in [-0.05, 0) is 43.9 Å². The Hall–Kier alpha value is -0.570. The van der Waals surface area contributed by atoms with Crippen molar-refractivity contribution in [3.63, 3.8) is 0 Å². The van der Waals surface area contributed by atoms with Gasteiger partial charge in [-0.1, -0.05) is 20.3 Å². The lowest BCUT2D eigenvalue weighted by Gasteiger charge is -2.54. The first-order valence-electron chi connectivity index (χ1n) is 6.66. The second-order valence-electron chi connectivity index (χ2n) is 6.62. The van der Waals surface area contributed by atoms with Gasteiger partial charge in [0.05, 0.1) is 18.1 Å². The lowest BCUT2D eigenvalue weighted by atomic mass is 9.52. The zero-order valence-electron chi connectivity index (χ0n) is 11.2. The van der Waals surface area contributed by atoms with E-state index in [-0.39, 0.29) is 5.97 Å². The summed E-state index contributed by atoms with van der Waals surface area (Å²) in [5.41, 5.74) is -1.13. The summed E-state index contributed by atoms with van der Waals surface area (Å²) in [5.74, 6) is -0.203. The van der Waals surface area contributed by atoms with Crippen LogP contribution in [0.25, 0.3) is 0 Å². The zero-order valence-corrected chi connectivity index (χ0v) is 11.2. The molecule has 0 aromatic heterocycles. The Labute approximate surface area is 104 Å². The SMILES string of the molecule is COC(=O)C1(C2(O)CCC(C)(C)CC2)CCC1. The van der Waals surface area contributed by atoms with E-state index in [0.717, 1.165) is 44.9 Å². The zero-order chi connectivity index (χ0) is 12.7. The summed E-state index contributed by atoms with van der Waals surface area (Å²) in [6.45, 7) is 4.47. The minimum atomic E-state index is -0.826. The third-order valence-electron chi connectivity index (χ3n) is 5.10. The first kappa shape index (κ1) is 12.9. The summed E-state index contributed by atoms with van der Waals surface area (Å²) in [6, 6.07) is 0. The molecule has 3 heteroatoms. The predicted octanol–water partition coefficient (Wildman–Crippen LogP) is 2.66. The molecule has 17 heavy (non-hydrogen) atoms. The van der Waals surface area contributed by atoms with Gasteiger partial charge in [0.1, 0.15) is 0 Å². The monoisotopic (exact) mass is 240 g/mol. The number of methoxy groups -OCH3 is 1. The number of hydrogen-bond acceptors (Lipinski definition) is 3. The van der Waals surface area contributed by atoms with Crippen LogP contribution >= 0.6 is 0 Å². The molecular weight excluding hydrogens is 216 g/mol.